The third-order valence-corrected chi connectivity index (χ3v) is 3.77. The summed E-state index contributed by atoms with van der Waals surface area (Å²) in [6.45, 7) is 4.40. The molecule has 0 amide bonds. The molecular weight excluding hydrogens is 188 g/mol. The van der Waals surface area contributed by atoms with E-state index in [0.29, 0.717) is 0 Å². The van der Waals surface area contributed by atoms with Gasteiger partial charge in [-0.05, 0) is 25.5 Å². The molecule has 0 aliphatic carbocycles. The van der Waals surface area contributed by atoms with Crippen molar-refractivity contribution in [3.63, 3.8) is 0 Å². The van der Waals surface area contributed by atoms with E-state index in [0.717, 1.165) is 5.75 Å². The summed E-state index contributed by atoms with van der Waals surface area (Å²) in [5.41, 5.74) is 4.25. The van der Waals surface area contributed by atoms with Crippen molar-refractivity contribution in [1.82, 2.24) is 0 Å². The topological polar surface area (TPSA) is 0 Å². The predicted molar refractivity (Wildman–Crippen MR) is 65.3 cm³/mol. The van der Waals surface area contributed by atoms with Gasteiger partial charge in [0.1, 0.15) is 0 Å². The minimum atomic E-state index is 1.13. The van der Waals surface area contributed by atoms with Gasteiger partial charge in [0.25, 0.3) is 0 Å². The van der Waals surface area contributed by atoms with Gasteiger partial charge in [-0.3, -0.25) is 0 Å². The standard InChI is InChI=1S/C13H14S/c1-10-8-13(14-9-11(10)2)12-6-4-3-5-7-12/h3-8H,9H2,1-2H3. The Morgan fingerprint density at radius 1 is 1.07 bits per heavy atom. The lowest BCUT2D eigenvalue weighted by Gasteiger charge is -2.15. The van der Waals surface area contributed by atoms with Crippen molar-refractivity contribution < 1.29 is 0 Å². The van der Waals surface area contributed by atoms with Gasteiger partial charge in [-0.1, -0.05) is 41.5 Å². The molecule has 1 heteroatoms. The summed E-state index contributed by atoms with van der Waals surface area (Å²) in [6.07, 6.45) is 2.29. The Bertz CT molecular complexity index is 385. The lowest BCUT2D eigenvalue weighted by molar-refractivity contribution is 1.30. The molecule has 14 heavy (non-hydrogen) atoms. The van der Waals surface area contributed by atoms with Crippen LogP contribution in [0.1, 0.15) is 19.4 Å². The molecule has 0 saturated carbocycles. The van der Waals surface area contributed by atoms with E-state index in [1.807, 2.05) is 11.8 Å². The molecule has 1 aromatic carbocycles. The van der Waals surface area contributed by atoms with E-state index in [1.54, 1.807) is 0 Å². The van der Waals surface area contributed by atoms with Gasteiger partial charge in [0.15, 0.2) is 0 Å². The summed E-state index contributed by atoms with van der Waals surface area (Å²) in [5, 5.41) is 0. The average molecular weight is 202 g/mol. The first-order chi connectivity index (χ1) is 6.77. The molecule has 0 bridgehead atoms. The minimum absolute atomic E-state index is 1.13. The summed E-state index contributed by atoms with van der Waals surface area (Å²) in [5.74, 6) is 1.13. The number of rotatable bonds is 1. The molecule has 1 aliphatic heterocycles. The van der Waals surface area contributed by atoms with Crippen molar-refractivity contribution in [3.8, 4) is 0 Å². The molecule has 1 aromatic rings. The molecule has 0 saturated heterocycles. The van der Waals surface area contributed by atoms with Crippen molar-refractivity contribution >= 4 is 16.7 Å². The van der Waals surface area contributed by atoms with Crippen LogP contribution >= 0.6 is 11.8 Å². The number of thioether (sulfide) groups is 1. The molecule has 0 unspecified atom stereocenters. The molecule has 0 radical (unpaired) electrons. The summed E-state index contributed by atoms with van der Waals surface area (Å²) in [6, 6.07) is 10.6. The zero-order valence-corrected chi connectivity index (χ0v) is 9.40. The maximum atomic E-state index is 2.29. The van der Waals surface area contributed by atoms with Crippen LogP contribution < -0.4 is 0 Å². The van der Waals surface area contributed by atoms with Crippen LogP contribution in [0.25, 0.3) is 4.91 Å². The van der Waals surface area contributed by atoms with Crippen molar-refractivity contribution in [1.29, 1.82) is 0 Å². The molecule has 0 nitrogen and oxygen atoms in total. The Kier molecular flexibility index (Phi) is 2.78. The van der Waals surface area contributed by atoms with E-state index in [2.05, 4.69) is 50.3 Å². The first-order valence-electron chi connectivity index (χ1n) is 4.83. The largest absolute Gasteiger partial charge is 0.121 e. The molecule has 72 valence electrons. The molecule has 1 heterocycles. The zero-order chi connectivity index (χ0) is 9.97. The van der Waals surface area contributed by atoms with Gasteiger partial charge in [-0.15, -0.1) is 11.8 Å². The third-order valence-electron chi connectivity index (χ3n) is 2.52. The summed E-state index contributed by atoms with van der Waals surface area (Å²) < 4.78 is 0. The fraction of sp³-hybridized carbons (Fsp3) is 0.231. The number of benzene rings is 1. The van der Waals surface area contributed by atoms with Crippen LogP contribution in [-0.2, 0) is 0 Å². The monoisotopic (exact) mass is 202 g/mol. The van der Waals surface area contributed by atoms with E-state index >= 15 is 0 Å². The molecule has 0 spiro atoms. The highest BCUT2D eigenvalue weighted by Gasteiger charge is 2.08. The second-order valence-electron chi connectivity index (χ2n) is 3.63. The molecule has 2 rings (SSSR count). The van der Waals surface area contributed by atoms with Gasteiger partial charge in [-0.2, -0.15) is 0 Å². The lowest BCUT2D eigenvalue weighted by Crippen LogP contribution is -1.94. The smallest absolute Gasteiger partial charge is 0.0193 e. The van der Waals surface area contributed by atoms with Crippen LogP contribution in [0.5, 0.6) is 0 Å². The normalized spacial score (nSPS) is 16.9. The summed E-state index contributed by atoms with van der Waals surface area (Å²) in [4.78, 5) is 1.40. The lowest BCUT2D eigenvalue weighted by atomic mass is 10.1. The van der Waals surface area contributed by atoms with Crippen LogP contribution in [0, 0.1) is 0 Å². The first-order valence-corrected chi connectivity index (χ1v) is 5.82. The molecule has 0 atom stereocenters. The van der Waals surface area contributed by atoms with Gasteiger partial charge >= 0.3 is 0 Å². The fourth-order valence-corrected chi connectivity index (χ4v) is 2.59. The second kappa shape index (κ2) is 4.05. The van der Waals surface area contributed by atoms with Gasteiger partial charge in [-0.25, -0.2) is 0 Å². The Balaban J connectivity index is 2.34. The Morgan fingerprint density at radius 3 is 2.43 bits per heavy atom. The van der Waals surface area contributed by atoms with Gasteiger partial charge in [0.2, 0.25) is 0 Å². The van der Waals surface area contributed by atoms with Crippen LogP contribution in [0.2, 0.25) is 0 Å². The molecule has 0 fully saturated rings. The van der Waals surface area contributed by atoms with Crippen LogP contribution in [0.3, 0.4) is 0 Å². The van der Waals surface area contributed by atoms with Crippen molar-refractivity contribution in [3.05, 3.63) is 53.1 Å². The van der Waals surface area contributed by atoms with Gasteiger partial charge < -0.3 is 0 Å². The SMILES string of the molecule is CC1=C(C)CSC(c2ccccc2)=C1. The van der Waals surface area contributed by atoms with Gasteiger partial charge in [0.05, 0.1) is 0 Å². The van der Waals surface area contributed by atoms with Crippen molar-refractivity contribution in [2.75, 3.05) is 5.75 Å². The fourth-order valence-electron chi connectivity index (χ4n) is 1.43. The van der Waals surface area contributed by atoms with Crippen LogP contribution in [0.15, 0.2) is 47.6 Å². The maximum Gasteiger partial charge on any atom is 0.0193 e. The second-order valence-corrected chi connectivity index (χ2v) is 4.64. The summed E-state index contributed by atoms with van der Waals surface area (Å²) in [7, 11) is 0. The highest BCUT2D eigenvalue weighted by molar-refractivity contribution is 8.08. The van der Waals surface area contributed by atoms with Crippen LogP contribution in [-0.4, -0.2) is 5.75 Å². The molecule has 0 N–H and O–H groups in total. The number of hydrogen-bond acceptors (Lipinski definition) is 1. The number of allylic oxidation sites excluding steroid dienone is 2. The van der Waals surface area contributed by atoms with E-state index in [-0.39, 0.29) is 0 Å². The highest BCUT2D eigenvalue weighted by atomic mass is 32.2. The summed E-state index contributed by atoms with van der Waals surface area (Å²) >= 11 is 1.93. The first kappa shape index (κ1) is 9.60. The Labute approximate surface area is 89.7 Å². The van der Waals surface area contributed by atoms with E-state index < -0.39 is 0 Å². The third kappa shape index (κ3) is 1.93. The van der Waals surface area contributed by atoms with E-state index in [4.69, 9.17) is 0 Å². The zero-order valence-electron chi connectivity index (χ0n) is 8.58. The Morgan fingerprint density at radius 2 is 1.79 bits per heavy atom. The Hall–Kier alpha value is -0.950. The predicted octanol–water partition coefficient (Wildman–Crippen LogP) is 4.11. The van der Waals surface area contributed by atoms with Crippen molar-refractivity contribution in [2.24, 2.45) is 0 Å². The highest BCUT2D eigenvalue weighted by Crippen LogP contribution is 2.34. The molecule has 1 aliphatic rings. The quantitative estimate of drug-likeness (QED) is 0.660. The molecular formula is C13H14S. The van der Waals surface area contributed by atoms with Crippen molar-refractivity contribution in [2.45, 2.75) is 13.8 Å². The minimum Gasteiger partial charge on any atom is -0.121 e. The van der Waals surface area contributed by atoms with Gasteiger partial charge in [0, 0.05) is 10.7 Å². The average Bonchev–Trinajstić information content (AvgIpc) is 2.23. The number of hydrogen-bond donors (Lipinski definition) is 0. The molecule has 0 aromatic heterocycles. The van der Waals surface area contributed by atoms with E-state index in [1.165, 1.54) is 21.6 Å². The van der Waals surface area contributed by atoms with Crippen LogP contribution in [0.4, 0.5) is 0 Å². The maximum absolute atomic E-state index is 2.29. The van der Waals surface area contributed by atoms with E-state index in [9.17, 15) is 0 Å².